The van der Waals surface area contributed by atoms with E-state index in [1.165, 1.54) is 70.6 Å². The zero-order valence-corrected chi connectivity index (χ0v) is 15.0. The Bertz CT molecular complexity index is 263. The quantitative estimate of drug-likeness (QED) is 0.490. The maximum absolute atomic E-state index is 5.90. The Hall–Kier alpha value is -0.0800. The largest absolute Gasteiger partial charge is 0.352 e. The van der Waals surface area contributed by atoms with E-state index in [4.69, 9.17) is 9.47 Å². The summed E-state index contributed by atoms with van der Waals surface area (Å²) < 4.78 is 11.8. The van der Waals surface area contributed by atoms with E-state index in [0.717, 1.165) is 31.5 Å². The molecule has 0 atom stereocenters. The maximum atomic E-state index is 5.90. The normalized spacial score (nSPS) is 33.0. The molecule has 2 rings (SSSR count). The Kier molecular flexibility index (Phi) is 8.84. The Morgan fingerprint density at radius 3 is 1.86 bits per heavy atom. The number of rotatable bonds is 9. The molecule has 0 unspecified atom stereocenters. The summed E-state index contributed by atoms with van der Waals surface area (Å²) in [6, 6.07) is 0. The van der Waals surface area contributed by atoms with Crippen LogP contribution in [0.1, 0.15) is 90.9 Å². The van der Waals surface area contributed by atoms with Crippen molar-refractivity contribution in [2.45, 2.75) is 97.2 Å². The van der Waals surface area contributed by atoms with Crippen LogP contribution in [0, 0.1) is 17.8 Å². The summed E-state index contributed by atoms with van der Waals surface area (Å²) in [7, 11) is 0. The van der Waals surface area contributed by atoms with Crippen LogP contribution in [0.15, 0.2) is 0 Å². The fourth-order valence-corrected chi connectivity index (χ4v) is 4.19. The molecule has 2 heteroatoms. The van der Waals surface area contributed by atoms with Gasteiger partial charge in [0.25, 0.3) is 0 Å². The molecule has 2 nitrogen and oxygen atoms in total. The fraction of sp³-hybridized carbons (Fsp3) is 1.00. The minimum Gasteiger partial charge on any atom is -0.352 e. The molecule has 0 spiro atoms. The minimum atomic E-state index is 0.0929. The maximum Gasteiger partial charge on any atom is 0.157 e. The summed E-state index contributed by atoms with van der Waals surface area (Å²) >= 11 is 0. The highest BCUT2D eigenvalue weighted by atomic mass is 16.7. The zero-order chi connectivity index (χ0) is 15.6. The summed E-state index contributed by atoms with van der Waals surface area (Å²) in [6.07, 6.45) is 16.6. The second kappa shape index (κ2) is 10.6. The molecule has 2 fully saturated rings. The number of hydrogen-bond acceptors (Lipinski definition) is 2. The fourth-order valence-electron chi connectivity index (χ4n) is 4.19. The van der Waals surface area contributed by atoms with Gasteiger partial charge in [-0.25, -0.2) is 0 Å². The van der Waals surface area contributed by atoms with Crippen LogP contribution in [0.5, 0.6) is 0 Å². The van der Waals surface area contributed by atoms with Gasteiger partial charge >= 0.3 is 0 Å². The SMILES string of the molecule is CCCCCC1CCC(CCC2OCC(CCC)CO2)CC1. The van der Waals surface area contributed by atoms with Crippen molar-refractivity contribution in [3.63, 3.8) is 0 Å². The molecule has 0 radical (unpaired) electrons. The molecule has 22 heavy (non-hydrogen) atoms. The highest BCUT2D eigenvalue weighted by Gasteiger charge is 2.25. The average molecular weight is 311 g/mol. The van der Waals surface area contributed by atoms with Crippen LogP contribution in [0.2, 0.25) is 0 Å². The van der Waals surface area contributed by atoms with Gasteiger partial charge in [0.05, 0.1) is 13.2 Å². The lowest BCUT2D eigenvalue weighted by atomic mass is 9.78. The molecule has 0 aromatic heterocycles. The van der Waals surface area contributed by atoms with Gasteiger partial charge in [-0.1, -0.05) is 71.6 Å². The smallest absolute Gasteiger partial charge is 0.157 e. The van der Waals surface area contributed by atoms with Crippen LogP contribution in [0.25, 0.3) is 0 Å². The van der Waals surface area contributed by atoms with E-state index >= 15 is 0 Å². The van der Waals surface area contributed by atoms with E-state index < -0.39 is 0 Å². The third-order valence-electron chi connectivity index (χ3n) is 5.73. The highest BCUT2D eigenvalue weighted by molar-refractivity contribution is 4.74. The lowest BCUT2D eigenvalue weighted by molar-refractivity contribution is -0.205. The van der Waals surface area contributed by atoms with Crippen molar-refractivity contribution in [1.29, 1.82) is 0 Å². The van der Waals surface area contributed by atoms with Crippen molar-refractivity contribution in [2.24, 2.45) is 17.8 Å². The summed E-state index contributed by atoms with van der Waals surface area (Å²) in [4.78, 5) is 0. The molecule has 1 heterocycles. The molecule has 130 valence electrons. The van der Waals surface area contributed by atoms with Crippen LogP contribution in [0.3, 0.4) is 0 Å². The second-order valence-corrected chi connectivity index (χ2v) is 7.71. The third-order valence-corrected chi connectivity index (χ3v) is 5.73. The van der Waals surface area contributed by atoms with Crippen LogP contribution >= 0.6 is 0 Å². The molecule has 1 saturated carbocycles. The Morgan fingerprint density at radius 2 is 1.27 bits per heavy atom. The lowest BCUT2D eigenvalue weighted by Crippen LogP contribution is -2.32. The first kappa shape index (κ1) is 18.3. The molecule has 2 aliphatic rings. The van der Waals surface area contributed by atoms with Gasteiger partial charge < -0.3 is 9.47 Å². The molecule has 1 saturated heterocycles. The molecule has 1 aliphatic heterocycles. The average Bonchev–Trinajstić information content (AvgIpc) is 2.56. The molecular formula is C20H38O2. The van der Waals surface area contributed by atoms with Crippen LogP contribution < -0.4 is 0 Å². The monoisotopic (exact) mass is 310 g/mol. The van der Waals surface area contributed by atoms with Crippen molar-refractivity contribution in [3.8, 4) is 0 Å². The Balaban J connectivity index is 1.52. The summed E-state index contributed by atoms with van der Waals surface area (Å²) in [5.41, 5.74) is 0. The van der Waals surface area contributed by atoms with Crippen molar-refractivity contribution >= 4 is 0 Å². The second-order valence-electron chi connectivity index (χ2n) is 7.71. The predicted molar refractivity (Wildman–Crippen MR) is 92.9 cm³/mol. The van der Waals surface area contributed by atoms with Gasteiger partial charge in [0.2, 0.25) is 0 Å². The van der Waals surface area contributed by atoms with Crippen molar-refractivity contribution in [3.05, 3.63) is 0 Å². The van der Waals surface area contributed by atoms with E-state index in [9.17, 15) is 0 Å². The van der Waals surface area contributed by atoms with Gasteiger partial charge in [0, 0.05) is 5.92 Å². The molecule has 0 N–H and O–H groups in total. The minimum absolute atomic E-state index is 0.0929. The van der Waals surface area contributed by atoms with Crippen molar-refractivity contribution in [1.82, 2.24) is 0 Å². The van der Waals surface area contributed by atoms with E-state index in [2.05, 4.69) is 13.8 Å². The topological polar surface area (TPSA) is 18.5 Å². The van der Waals surface area contributed by atoms with Gasteiger partial charge in [0.15, 0.2) is 6.29 Å². The molecule has 1 aliphatic carbocycles. The van der Waals surface area contributed by atoms with Crippen LogP contribution in [-0.4, -0.2) is 19.5 Å². The Labute approximate surface area is 138 Å². The summed E-state index contributed by atoms with van der Waals surface area (Å²) in [6.45, 7) is 6.38. The van der Waals surface area contributed by atoms with E-state index in [1.807, 2.05) is 0 Å². The summed E-state index contributed by atoms with van der Waals surface area (Å²) in [5, 5.41) is 0. The molecule has 0 amide bonds. The number of ether oxygens (including phenoxy) is 2. The highest BCUT2D eigenvalue weighted by Crippen LogP contribution is 2.35. The van der Waals surface area contributed by atoms with Gasteiger partial charge in [-0.15, -0.1) is 0 Å². The van der Waals surface area contributed by atoms with Crippen molar-refractivity contribution < 1.29 is 9.47 Å². The first-order valence-corrected chi connectivity index (χ1v) is 10.0. The zero-order valence-electron chi connectivity index (χ0n) is 15.0. The van der Waals surface area contributed by atoms with Crippen LogP contribution in [-0.2, 0) is 9.47 Å². The molecular weight excluding hydrogens is 272 g/mol. The first-order chi connectivity index (χ1) is 10.8. The predicted octanol–water partition coefficient (Wildman–Crippen LogP) is 5.94. The Morgan fingerprint density at radius 1 is 0.636 bits per heavy atom. The molecule has 0 bridgehead atoms. The van der Waals surface area contributed by atoms with Gasteiger partial charge in [-0.3, -0.25) is 0 Å². The van der Waals surface area contributed by atoms with Crippen LogP contribution in [0.4, 0.5) is 0 Å². The first-order valence-electron chi connectivity index (χ1n) is 10.0. The lowest BCUT2D eigenvalue weighted by Gasteiger charge is -2.32. The van der Waals surface area contributed by atoms with Gasteiger partial charge in [0.1, 0.15) is 0 Å². The molecule has 0 aromatic rings. The van der Waals surface area contributed by atoms with E-state index in [1.54, 1.807) is 0 Å². The van der Waals surface area contributed by atoms with Gasteiger partial charge in [-0.2, -0.15) is 0 Å². The number of unbranched alkanes of at least 4 members (excludes halogenated alkanes) is 2. The number of hydrogen-bond donors (Lipinski definition) is 0. The molecule has 0 aromatic carbocycles. The van der Waals surface area contributed by atoms with Gasteiger partial charge in [-0.05, 0) is 31.1 Å². The summed E-state index contributed by atoms with van der Waals surface area (Å²) in [5.74, 6) is 2.60. The van der Waals surface area contributed by atoms with E-state index in [-0.39, 0.29) is 6.29 Å². The standard InChI is InChI=1S/C20H38O2/c1-3-5-6-8-17-9-11-18(12-10-17)13-14-20-21-15-19(7-4-2)16-22-20/h17-20H,3-16H2,1-2H3. The van der Waals surface area contributed by atoms with E-state index in [0.29, 0.717) is 5.92 Å². The van der Waals surface area contributed by atoms with Crippen molar-refractivity contribution in [2.75, 3.05) is 13.2 Å². The third kappa shape index (κ3) is 6.58.